The molecule has 0 heteroatoms. The van der Waals surface area contributed by atoms with E-state index in [4.69, 9.17) is 0 Å². The minimum Gasteiger partial charge on any atom is -0.0882 e. The molecule has 0 bridgehead atoms. The van der Waals surface area contributed by atoms with Crippen molar-refractivity contribution in [2.45, 2.75) is 32.1 Å². The van der Waals surface area contributed by atoms with E-state index in [9.17, 15) is 0 Å². The van der Waals surface area contributed by atoms with Gasteiger partial charge in [0.2, 0.25) is 0 Å². The molecule has 1 aliphatic rings. The van der Waals surface area contributed by atoms with Crippen molar-refractivity contribution in [3.8, 4) is 0 Å². The molecule has 0 nitrogen and oxygen atoms in total. The van der Waals surface area contributed by atoms with E-state index in [1.165, 1.54) is 25.7 Å². The van der Waals surface area contributed by atoms with Gasteiger partial charge in [-0.15, -0.1) is 0 Å². The summed E-state index contributed by atoms with van der Waals surface area (Å²) in [7, 11) is 0. The fourth-order valence-electron chi connectivity index (χ4n) is 1.23. The summed E-state index contributed by atoms with van der Waals surface area (Å²) in [6.07, 6.45) is 24.0. The summed E-state index contributed by atoms with van der Waals surface area (Å²) in [5.74, 6) is 0. The minimum atomic E-state index is 1.03. The van der Waals surface area contributed by atoms with E-state index < -0.39 is 0 Å². The average Bonchev–Trinajstić information content (AvgIpc) is 2.18. The van der Waals surface area contributed by atoms with Gasteiger partial charge >= 0.3 is 0 Å². The number of rotatable bonds is 0. The fraction of sp³-hybridized carbons (Fsp3) is 0.385. The van der Waals surface area contributed by atoms with Crippen molar-refractivity contribution in [1.82, 2.24) is 0 Å². The monoisotopic (exact) mass is 173 g/mol. The second-order valence-electron chi connectivity index (χ2n) is 3.16. The molecule has 0 atom stereocenters. The molecule has 0 aromatic rings. The summed E-state index contributed by atoms with van der Waals surface area (Å²) in [5, 5.41) is 0. The van der Waals surface area contributed by atoms with E-state index in [-0.39, 0.29) is 0 Å². The highest BCUT2D eigenvalue weighted by Crippen LogP contribution is 2.03. The van der Waals surface area contributed by atoms with Gasteiger partial charge in [-0.05, 0) is 38.2 Å². The molecule has 69 valence electrons. The zero-order valence-corrected chi connectivity index (χ0v) is 8.08. The summed E-state index contributed by atoms with van der Waals surface area (Å²) in [6.45, 7) is 0. The van der Waals surface area contributed by atoms with Gasteiger partial charge in [-0.2, -0.15) is 0 Å². The molecule has 0 saturated heterocycles. The molecule has 0 N–H and O–H groups in total. The highest BCUT2D eigenvalue weighted by Gasteiger charge is 1.83. The van der Waals surface area contributed by atoms with E-state index in [0.717, 1.165) is 6.42 Å². The van der Waals surface area contributed by atoms with Crippen LogP contribution in [0.3, 0.4) is 0 Å². The molecule has 0 aromatic heterocycles. The molecule has 1 radical (unpaired) electrons. The predicted molar refractivity (Wildman–Crippen MR) is 58.3 cm³/mol. The molecule has 0 spiro atoms. The van der Waals surface area contributed by atoms with Gasteiger partial charge in [0.05, 0.1) is 0 Å². The van der Waals surface area contributed by atoms with Crippen LogP contribution in [0, 0.1) is 6.08 Å². The molecule has 1 rings (SSSR count). The third-order valence-corrected chi connectivity index (χ3v) is 1.97. The van der Waals surface area contributed by atoms with E-state index in [2.05, 4.69) is 36.5 Å². The predicted octanol–water partition coefficient (Wildman–Crippen LogP) is 3.98. The van der Waals surface area contributed by atoms with Gasteiger partial charge in [0.15, 0.2) is 0 Å². The Morgan fingerprint density at radius 3 is 2.62 bits per heavy atom. The second kappa shape index (κ2) is 7.60. The van der Waals surface area contributed by atoms with Crippen LogP contribution in [0.2, 0.25) is 0 Å². The van der Waals surface area contributed by atoms with Crippen LogP contribution in [0.15, 0.2) is 42.5 Å². The van der Waals surface area contributed by atoms with Gasteiger partial charge in [-0.25, -0.2) is 0 Å². The lowest BCUT2D eigenvalue weighted by Crippen LogP contribution is -1.71. The lowest BCUT2D eigenvalue weighted by molar-refractivity contribution is 0.761. The molecule has 13 heavy (non-hydrogen) atoms. The summed E-state index contributed by atoms with van der Waals surface area (Å²) in [4.78, 5) is 0. The highest BCUT2D eigenvalue weighted by atomic mass is 13.9. The fourth-order valence-corrected chi connectivity index (χ4v) is 1.23. The Hall–Kier alpha value is -1.04. The van der Waals surface area contributed by atoms with Crippen molar-refractivity contribution in [2.24, 2.45) is 0 Å². The van der Waals surface area contributed by atoms with Crippen LogP contribution < -0.4 is 0 Å². The SMILES string of the molecule is [C]1=CC=CCCCCC=CCC=C1. The van der Waals surface area contributed by atoms with E-state index in [0.29, 0.717) is 0 Å². The van der Waals surface area contributed by atoms with Crippen molar-refractivity contribution < 1.29 is 0 Å². The van der Waals surface area contributed by atoms with Gasteiger partial charge in [0.25, 0.3) is 0 Å². The average molecular weight is 173 g/mol. The van der Waals surface area contributed by atoms with Crippen LogP contribution in [-0.2, 0) is 0 Å². The van der Waals surface area contributed by atoms with Crippen LogP contribution in [0.25, 0.3) is 0 Å². The first kappa shape index (κ1) is 10.0. The topological polar surface area (TPSA) is 0 Å². The van der Waals surface area contributed by atoms with Crippen LogP contribution in [0.1, 0.15) is 32.1 Å². The second-order valence-corrected chi connectivity index (χ2v) is 3.16. The first-order valence-electron chi connectivity index (χ1n) is 5.04. The molecule has 0 unspecified atom stereocenters. The zero-order chi connectivity index (χ0) is 9.19. The lowest BCUT2D eigenvalue weighted by Gasteiger charge is -1.91. The van der Waals surface area contributed by atoms with Gasteiger partial charge in [-0.3, -0.25) is 0 Å². The van der Waals surface area contributed by atoms with Crippen LogP contribution in [0.5, 0.6) is 0 Å². The quantitative estimate of drug-likeness (QED) is 0.486. The molecular formula is C13H17. The Balaban J connectivity index is 2.38. The smallest absolute Gasteiger partial charge is 0.0166 e. The van der Waals surface area contributed by atoms with Crippen molar-refractivity contribution in [1.29, 1.82) is 0 Å². The Kier molecular flexibility index (Phi) is 5.87. The van der Waals surface area contributed by atoms with E-state index in [1.807, 2.05) is 12.2 Å². The van der Waals surface area contributed by atoms with Crippen molar-refractivity contribution in [3.63, 3.8) is 0 Å². The maximum absolute atomic E-state index is 3.10. The highest BCUT2D eigenvalue weighted by molar-refractivity contribution is 5.07. The van der Waals surface area contributed by atoms with E-state index >= 15 is 0 Å². The Morgan fingerprint density at radius 1 is 0.846 bits per heavy atom. The Labute approximate surface area is 81.4 Å². The molecule has 0 aromatic carbocycles. The summed E-state index contributed by atoms with van der Waals surface area (Å²) in [5.41, 5.74) is 0. The number of hydrogen-bond acceptors (Lipinski definition) is 0. The Morgan fingerprint density at radius 2 is 1.69 bits per heavy atom. The summed E-state index contributed by atoms with van der Waals surface area (Å²) >= 11 is 0. The summed E-state index contributed by atoms with van der Waals surface area (Å²) in [6, 6.07) is 0. The minimum absolute atomic E-state index is 1.03. The molecule has 0 amide bonds. The number of allylic oxidation sites excluding steroid dienone is 8. The largest absolute Gasteiger partial charge is 0.0882 e. The zero-order valence-electron chi connectivity index (χ0n) is 8.08. The van der Waals surface area contributed by atoms with Gasteiger partial charge < -0.3 is 0 Å². The first-order valence-corrected chi connectivity index (χ1v) is 5.04. The third-order valence-electron chi connectivity index (χ3n) is 1.97. The number of hydrogen-bond donors (Lipinski definition) is 0. The first-order chi connectivity index (χ1) is 6.50. The van der Waals surface area contributed by atoms with Crippen LogP contribution in [0.4, 0.5) is 0 Å². The maximum atomic E-state index is 3.10. The molecular weight excluding hydrogens is 156 g/mol. The molecule has 0 saturated carbocycles. The van der Waals surface area contributed by atoms with Crippen LogP contribution in [-0.4, -0.2) is 0 Å². The lowest BCUT2D eigenvalue weighted by atomic mass is 10.2. The van der Waals surface area contributed by atoms with Gasteiger partial charge in [0.1, 0.15) is 0 Å². The van der Waals surface area contributed by atoms with Crippen molar-refractivity contribution >= 4 is 0 Å². The van der Waals surface area contributed by atoms with Crippen molar-refractivity contribution in [2.75, 3.05) is 0 Å². The molecule has 0 fully saturated rings. The maximum Gasteiger partial charge on any atom is -0.0166 e. The standard InChI is InChI=1S/C13H17/c1-2-4-6-8-10-12-13-11-9-7-5-3-1/h1-3,7,9,12-13H,4,6,8,10-11H2. The Bertz CT molecular complexity index is 216. The van der Waals surface area contributed by atoms with Gasteiger partial charge in [-0.1, -0.05) is 42.5 Å². The van der Waals surface area contributed by atoms with Crippen LogP contribution >= 0.6 is 0 Å². The third kappa shape index (κ3) is 6.15. The normalized spacial score (nSPS) is 19.1. The summed E-state index contributed by atoms with van der Waals surface area (Å²) < 4.78 is 0. The van der Waals surface area contributed by atoms with Crippen molar-refractivity contribution in [3.05, 3.63) is 48.6 Å². The van der Waals surface area contributed by atoms with Gasteiger partial charge in [0, 0.05) is 0 Å². The van der Waals surface area contributed by atoms with E-state index in [1.54, 1.807) is 0 Å². The molecule has 1 aliphatic carbocycles. The molecule has 0 heterocycles. The molecule has 0 aliphatic heterocycles.